The molecule has 0 aromatic carbocycles. The first kappa shape index (κ1) is 25.8. The van der Waals surface area contributed by atoms with Crippen LogP contribution in [0.25, 0.3) is 10.4 Å². The van der Waals surface area contributed by atoms with Crippen LogP contribution in [0.1, 0.15) is 43.1 Å². The van der Waals surface area contributed by atoms with E-state index in [-0.39, 0.29) is 15.7 Å². The number of pyridine rings is 1. The average Bonchev–Trinajstić information content (AvgIpc) is 3.07. The van der Waals surface area contributed by atoms with Gasteiger partial charge in [-0.3, -0.25) is 4.79 Å². The molecule has 0 saturated carbocycles. The molecule has 0 atom stereocenters. The van der Waals surface area contributed by atoms with Gasteiger partial charge in [0.15, 0.2) is 5.01 Å². The number of nitrogens with zero attached hydrogens (tertiary/aromatic N) is 3. The Morgan fingerprint density at radius 3 is 2.09 bits per heavy atom. The van der Waals surface area contributed by atoms with Crippen molar-refractivity contribution >= 4 is 23.1 Å². The highest BCUT2D eigenvalue weighted by Gasteiger charge is 2.49. The Hall–Kier alpha value is -2.41. The summed E-state index contributed by atoms with van der Waals surface area (Å²) in [6, 6.07) is 0.622. The van der Waals surface area contributed by atoms with Crippen LogP contribution in [0.15, 0.2) is 18.5 Å². The summed E-state index contributed by atoms with van der Waals surface area (Å²) in [5, 5.41) is 9.94. The summed E-state index contributed by atoms with van der Waals surface area (Å²) in [7, 11) is 0. The Balaban J connectivity index is 2.60. The number of thiazole rings is 1. The third kappa shape index (κ3) is 6.09. The Labute approximate surface area is 184 Å². The fraction of sp³-hybridized carbons (Fsp3) is 0.526. The predicted molar refractivity (Wildman–Crippen MR) is 107 cm³/mol. The van der Waals surface area contributed by atoms with Gasteiger partial charge in [-0.1, -0.05) is 0 Å². The number of carbonyl (C=O) groups is 1. The molecule has 2 aromatic heterocycles. The maximum absolute atomic E-state index is 13.8. The van der Waals surface area contributed by atoms with E-state index >= 15 is 0 Å². The molecule has 0 saturated heterocycles. The molecule has 6 nitrogen and oxygen atoms in total. The second-order valence-electron chi connectivity index (χ2n) is 8.53. The highest BCUT2D eigenvalue weighted by molar-refractivity contribution is 7.17. The molecule has 0 aliphatic carbocycles. The van der Waals surface area contributed by atoms with Gasteiger partial charge in [-0.25, -0.2) is 9.97 Å². The lowest BCUT2D eigenvalue weighted by Crippen LogP contribution is -2.48. The van der Waals surface area contributed by atoms with Crippen LogP contribution in [0.5, 0.6) is 0 Å². The lowest BCUT2D eigenvalue weighted by Gasteiger charge is -2.37. The first-order valence-corrected chi connectivity index (χ1v) is 10.0. The summed E-state index contributed by atoms with van der Waals surface area (Å²) in [5.41, 5.74) is -0.298. The van der Waals surface area contributed by atoms with Gasteiger partial charge in [0.1, 0.15) is 5.82 Å². The van der Waals surface area contributed by atoms with Gasteiger partial charge < -0.3 is 15.7 Å². The number of alkyl halides is 6. The summed E-state index contributed by atoms with van der Waals surface area (Å²) < 4.78 is 81.8. The van der Waals surface area contributed by atoms with Crippen molar-refractivity contribution < 1.29 is 36.2 Å². The molecule has 0 fully saturated rings. The van der Waals surface area contributed by atoms with Gasteiger partial charge >= 0.3 is 12.4 Å². The van der Waals surface area contributed by atoms with Gasteiger partial charge in [0.25, 0.3) is 5.91 Å². The Morgan fingerprint density at radius 1 is 1.06 bits per heavy atom. The monoisotopic (exact) mass is 484 g/mol. The molecule has 0 aliphatic rings. The zero-order valence-electron chi connectivity index (χ0n) is 17.6. The van der Waals surface area contributed by atoms with Crippen LogP contribution in [0.2, 0.25) is 0 Å². The van der Waals surface area contributed by atoms with Gasteiger partial charge in [0.2, 0.25) is 0 Å². The normalized spacial score (nSPS) is 13.3. The lowest BCUT2D eigenvalue weighted by atomic mass is 9.91. The van der Waals surface area contributed by atoms with Gasteiger partial charge in [0, 0.05) is 31.0 Å². The highest BCUT2D eigenvalue weighted by Crippen LogP contribution is 2.42. The second kappa shape index (κ2) is 8.50. The van der Waals surface area contributed by atoms with Crippen LogP contribution in [-0.4, -0.2) is 45.8 Å². The molecule has 0 aliphatic heterocycles. The Kier molecular flexibility index (Phi) is 6.87. The summed E-state index contributed by atoms with van der Waals surface area (Å²) in [5.74, 6) is -1.30. The Bertz CT molecular complexity index is 979. The number of aliphatic hydroxyl groups is 1. The third-order valence-corrected chi connectivity index (χ3v) is 5.48. The highest BCUT2D eigenvalue weighted by atomic mass is 32.1. The SMILES string of the molecule is CC(C)(O)CN(CC(C)(C)C(F)(F)F)c1cc(C(F)(F)F)c(-c2cnc(C(N)=O)s2)cn1. The second-order valence-corrected chi connectivity index (χ2v) is 9.56. The lowest BCUT2D eigenvalue weighted by molar-refractivity contribution is -0.208. The molecule has 32 heavy (non-hydrogen) atoms. The summed E-state index contributed by atoms with van der Waals surface area (Å²) in [6.45, 7) is 3.32. The smallest absolute Gasteiger partial charge is 0.389 e. The van der Waals surface area contributed by atoms with Crippen molar-refractivity contribution in [1.29, 1.82) is 0 Å². The number of aromatic nitrogens is 2. The molecule has 3 N–H and O–H groups in total. The summed E-state index contributed by atoms with van der Waals surface area (Å²) in [6.07, 6.45) is -7.64. The first-order valence-electron chi connectivity index (χ1n) is 9.19. The molecule has 0 unspecified atom stereocenters. The van der Waals surface area contributed by atoms with Crippen molar-refractivity contribution in [2.24, 2.45) is 11.1 Å². The molecule has 2 heterocycles. The van der Waals surface area contributed by atoms with E-state index in [4.69, 9.17) is 5.73 Å². The summed E-state index contributed by atoms with van der Waals surface area (Å²) in [4.78, 5) is 19.8. The minimum absolute atomic E-state index is 0.0326. The molecule has 0 spiro atoms. The van der Waals surface area contributed by atoms with Gasteiger partial charge in [-0.15, -0.1) is 11.3 Å². The van der Waals surface area contributed by atoms with E-state index in [0.717, 1.165) is 31.1 Å². The van der Waals surface area contributed by atoms with Crippen LogP contribution in [0.4, 0.5) is 32.2 Å². The standard InChI is InChI=1S/C19H22F6N4O2S/c1-16(2,19(23,24)25)8-29(9-17(3,4)31)13-5-11(18(20,21)22)10(6-27-13)12-7-28-15(32-12)14(26)30/h5-7,31H,8-9H2,1-4H3,(H2,26,30). The van der Waals surface area contributed by atoms with Crippen LogP contribution in [-0.2, 0) is 6.18 Å². The number of primary amides is 1. The zero-order valence-corrected chi connectivity index (χ0v) is 18.4. The molecule has 13 heteroatoms. The van der Waals surface area contributed by atoms with E-state index in [0.29, 0.717) is 17.4 Å². The van der Waals surface area contributed by atoms with Crippen LogP contribution < -0.4 is 10.6 Å². The topological polar surface area (TPSA) is 92.3 Å². The van der Waals surface area contributed by atoms with Gasteiger partial charge in [-0.2, -0.15) is 26.3 Å². The number of hydrogen-bond donors (Lipinski definition) is 2. The molecule has 178 valence electrons. The fourth-order valence-corrected chi connectivity index (χ4v) is 3.60. The van der Waals surface area contributed by atoms with Crippen molar-refractivity contribution in [2.75, 3.05) is 18.0 Å². The van der Waals surface area contributed by atoms with Crippen molar-refractivity contribution in [2.45, 2.75) is 45.6 Å². The number of rotatable bonds is 7. The number of halogens is 6. The molecule has 2 aromatic rings. The van der Waals surface area contributed by atoms with Crippen molar-refractivity contribution in [3.8, 4) is 10.4 Å². The third-order valence-electron chi connectivity index (χ3n) is 4.43. The predicted octanol–water partition coefficient (Wildman–Crippen LogP) is 4.49. The Morgan fingerprint density at radius 2 is 1.66 bits per heavy atom. The number of carbonyl (C=O) groups excluding carboxylic acids is 1. The van der Waals surface area contributed by atoms with Gasteiger partial charge in [0.05, 0.1) is 21.5 Å². The molecule has 1 amide bonds. The van der Waals surface area contributed by atoms with E-state index in [1.54, 1.807) is 0 Å². The number of amides is 1. The van der Waals surface area contributed by atoms with Crippen molar-refractivity contribution in [3.05, 3.63) is 29.0 Å². The van der Waals surface area contributed by atoms with E-state index < -0.39 is 53.5 Å². The minimum Gasteiger partial charge on any atom is -0.389 e. The number of nitrogens with two attached hydrogens (primary N) is 1. The molecular formula is C19H22F6N4O2S. The maximum atomic E-state index is 13.8. The van der Waals surface area contributed by atoms with E-state index in [9.17, 15) is 36.2 Å². The van der Waals surface area contributed by atoms with E-state index in [1.165, 1.54) is 13.8 Å². The molecule has 2 rings (SSSR count). The van der Waals surface area contributed by atoms with Crippen molar-refractivity contribution in [1.82, 2.24) is 9.97 Å². The quantitative estimate of drug-likeness (QED) is 0.565. The van der Waals surface area contributed by atoms with E-state index in [1.807, 2.05) is 0 Å². The number of hydrogen-bond acceptors (Lipinski definition) is 6. The van der Waals surface area contributed by atoms with Gasteiger partial charge in [-0.05, 0) is 33.8 Å². The zero-order chi connectivity index (χ0) is 24.7. The molecular weight excluding hydrogens is 462 g/mol. The number of anilines is 1. The largest absolute Gasteiger partial charge is 0.417 e. The first-order chi connectivity index (χ1) is 14.3. The maximum Gasteiger partial charge on any atom is 0.417 e. The van der Waals surface area contributed by atoms with Crippen LogP contribution >= 0.6 is 11.3 Å². The van der Waals surface area contributed by atoms with Crippen LogP contribution in [0.3, 0.4) is 0 Å². The molecule has 0 bridgehead atoms. The molecule has 0 radical (unpaired) electrons. The van der Waals surface area contributed by atoms with Crippen molar-refractivity contribution in [3.63, 3.8) is 0 Å². The summed E-state index contributed by atoms with van der Waals surface area (Å²) >= 11 is 0.634. The van der Waals surface area contributed by atoms with E-state index in [2.05, 4.69) is 9.97 Å². The average molecular weight is 484 g/mol. The minimum atomic E-state index is -4.89. The van der Waals surface area contributed by atoms with Crippen LogP contribution in [0, 0.1) is 5.41 Å². The fourth-order valence-electron chi connectivity index (χ4n) is 2.81.